The van der Waals surface area contributed by atoms with Crippen LogP contribution < -0.4 is 4.74 Å². The largest absolute Gasteiger partial charge is 0.492 e. The van der Waals surface area contributed by atoms with E-state index < -0.39 is 0 Å². The SMILES string of the molecule is Cc1cc(C)n([C@H]2CCCN(C(=O)[C@H]3COc4ccccc4C3)C2)n1. The van der Waals surface area contributed by atoms with Crippen molar-refractivity contribution in [1.29, 1.82) is 0 Å². The molecule has 25 heavy (non-hydrogen) atoms. The molecule has 132 valence electrons. The quantitative estimate of drug-likeness (QED) is 0.845. The van der Waals surface area contributed by atoms with E-state index in [0.29, 0.717) is 6.61 Å². The number of para-hydroxylation sites is 1. The van der Waals surface area contributed by atoms with Crippen LogP contribution in [-0.4, -0.2) is 40.3 Å². The molecule has 0 unspecified atom stereocenters. The van der Waals surface area contributed by atoms with Crippen molar-refractivity contribution in [2.24, 2.45) is 5.92 Å². The molecule has 0 N–H and O–H groups in total. The lowest BCUT2D eigenvalue weighted by molar-refractivity contribution is -0.138. The Labute approximate surface area is 148 Å². The molecule has 1 saturated heterocycles. The van der Waals surface area contributed by atoms with E-state index in [1.54, 1.807) is 0 Å². The number of amides is 1. The Bertz CT molecular complexity index is 783. The lowest BCUT2D eigenvalue weighted by Gasteiger charge is -2.36. The number of carbonyl (C=O) groups excluding carboxylic acids is 1. The summed E-state index contributed by atoms with van der Waals surface area (Å²) in [6.07, 6.45) is 2.88. The molecule has 4 rings (SSSR count). The van der Waals surface area contributed by atoms with Gasteiger partial charge in [-0.15, -0.1) is 0 Å². The molecule has 3 heterocycles. The van der Waals surface area contributed by atoms with Gasteiger partial charge in [0.1, 0.15) is 12.4 Å². The highest BCUT2D eigenvalue weighted by Crippen LogP contribution is 2.30. The normalized spacial score (nSPS) is 23.0. The molecular formula is C20H25N3O2. The molecule has 0 saturated carbocycles. The topological polar surface area (TPSA) is 47.4 Å². The average molecular weight is 339 g/mol. The zero-order valence-corrected chi connectivity index (χ0v) is 14.9. The van der Waals surface area contributed by atoms with E-state index in [0.717, 1.165) is 49.4 Å². The number of benzene rings is 1. The van der Waals surface area contributed by atoms with E-state index in [9.17, 15) is 4.79 Å². The molecule has 0 bridgehead atoms. The smallest absolute Gasteiger partial charge is 0.229 e. The van der Waals surface area contributed by atoms with Crippen LogP contribution in [0.1, 0.15) is 35.8 Å². The van der Waals surface area contributed by atoms with Gasteiger partial charge in [0.05, 0.1) is 17.7 Å². The number of nitrogens with zero attached hydrogens (tertiary/aromatic N) is 3. The van der Waals surface area contributed by atoms with Gasteiger partial charge in [0.25, 0.3) is 0 Å². The molecule has 5 heteroatoms. The molecule has 0 spiro atoms. The van der Waals surface area contributed by atoms with Crippen LogP contribution in [0.4, 0.5) is 0 Å². The standard InChI is InChI=1S/C20H25N3O2/c1-14-10-15(2)23(21-14)18-7-5-9-22(12-18)20(24)17-11-16-6-3-4-8-19(16)25-13-17/h3-4,6,8,10,17-18H,5,7,9,11-13H2,1-2H3/t17-,18+/m1/s1. The molecular weight excluding hydrogens is 314 g/mol. The molecule has 1 aromatic heterocycles. The van der Waals surface area contributed by atoms with E-state index >= 15 is 0 Å². The van der Waals surface area contributed by atoms with Crippen LogP contribution in [0, 0.1) is 19.8 Å². The van der Waals surface area contributed by atoms with E-state index in [1.165, 1.54) is 5.69 Å². The first-order valence-electron chi connectivity index (χ1n) is 9.14. The van der Waals surface area contributed by atoms with Gasteiger partial charge in [-0.25, -0.2) is 0 Å². The molecule has 1 fully saturated rings. The second-order valence-corrected chi connectivity index (χ2v) is 7.27. The Morgan fingerprint density at radius 3 is 2.92 bits per heavy atom. The van der Waals surface area contributed by atoms with E-state index in [2.05, 4.69) is 28.8 Å². The second kappa shape index (κ2) is 6.54. The summed E-state index contributed by atoms with van der Waals surface area (Å²) in [6, 6.07) is 10.4. The Morgan fingerprint density at radius 2 is 2.12 bits per heavy atom. The van der Waals surface area contributed by atoms with Gasteiger partial charge in [-0.05, 0) is 50.8 Å². The number of rotatable bonds is 2. The molecule has 1 amide bonds. The van der Waals surface area contributed by atoms with Crippen LogP contribution in [0.3, 0.4) is 0 Å². The molecule has 0 radical (unpaired) electrons. The van der Waals surface area contributed by atoms with Gasteiger partial charge in [-0.1, -0.05) is 18.2 Å². The first kappa shape index (κ1) is 16.2. The molecule has 0 aliphatic carbocycles. The zero-order chi connectivity index (χ0) is 17.4. The maximum absolute atomic E-state index is 13.0. The first-order chi connectivity index (χ1) is 12.1. The fraction of sp³-hybridized carbons (Fsp3) is 0.500. The number of fused-ring (bicyclic) bond motifs is 1. The average Bonchev–Trinajstić information content (AvgIpc) is 2.99. The molecule has 5 nitrogen and oxygen atoms in total. The molecule has 2 aliphatic heterocycles. The fourth-order valence-electron chi connectivity index (χ4n) is 4.12. The summed E-state index contributed by atoms with van der Waals surface area (Å²) in [4.78, 5) is 15.1. The molecule has 2 atom stereocenters. The van der Waals surface area contributed by atoms with Gasteiger partial charge >= 0.3 is 0 Å². The summed E-state index contributed by atoms with van der Waals surface area (Å²) in [5.74, 6) is 1.07. The van der Waals surface area contributed by atoms with Gasteiger partial charge < -0.3 is 9.64 Å². The minimum absolute atomic E-state index is 0.0749. The van der Waals surface area contributed by atoms with Crippen molar-refractivity contribution in [2.75, 3.05) is 19.7 Å². The first-order valence-corrected chi connectivity index (χ1v) is 9.14. The van der Waals surface area contributed by atoms with E-state index in [4.69, 9.17) is 4.74 Å². The fourth-order valence-corrected chi connectivity index (χ4v) is 4.12. The monoisotopic (exact) mass is 339 g/mol. The van der Waals surface area contributed by atoms with E-state index in [1.807, 2.05) is 30.0 Å². The number of piperidine rings is 1. The third-order valence-electron chi connectivity index (χ3n) is 5.33. The van der Waals surface area contributed by atoms with Gasteiger partial charge in [0, 0.05) is 18.8 Å². The lowest BCUT2D eigenvalue weighted by atomic mass is 9.94. The summed E-state index contributed by atoms with van der Waals surface area (Å²) in [5, 5.41) is 4.62. The van der Waals surface area contributed by atoms with Crippen molar-refractivity contribution >= 4 is 5.91 Å². The number of ether oxygens (including phenoxy) is 1. The van der Waals surface area contributed by atoms with Crippen molar-refractivity contribution in [2.45, 2.75) is 39.2 Å². The van der Waals surface area contributed by atoms with Gasteiger partial charge in [0.15, 0.2) is 0 Å². The summed E-state index contributed by atoms with van der Waals surface area (Å²) in [5.41, 5.74) is 3.35. The summed E-state index contributed by atoms with van der Waals surface area (Å²) in [7, 11) is 0. The predicted octanol–water partition coefficient (Wildman–Crippen LogP) is 2.91. The Hall–Kier alpha value is -2.30. The van der Waals surface area contributed by atoms with Crippen LogP contribution in [0.5, 0.6) is 5.75 Å². The molecule has 1 aromatic carbocycles. The van der Waals surface area contributed by atoms with Crippen LogP contribution in [0.15, 0.2) is 30.3 Å². The highest BCUT2D eigenvalue weighted by atomic mass is 16.5. The van der Waals surface area contributed by atoms with E-state index in [-0.39, 0.29) is 17.9 Å². The summed E-state index contributed by atoms with van der Waals surface area (Å²) >= 11 is 0. The highest BCUT2D eigenvalue weighted by molar-refractivity contribution is 5.80. The van der Waals surface area contributed by atoms with Crippen LogP contribution in [-0.2, 0) is 11.2 Å². The van der Waals surface area contributed by atoms with Crippen molar-refractivity contribution in [3.05, 3.63) is 47.3 Å². The van der Waals surface area contributed by atoms with Crippen molar-refractivity contribution in [3.8, 4) is 5.75 Å². The Balaban J connectivity index is 1.46. The van der Waals surface area contributed by atoms with Crippen LogP contribution in [0.2, 0.25) is 0 Å². The third-order valence-corrected chi connectivity index (χ3v) is 5.33. The third kappa shape index (κ3) is 3.15. The minimum atomic E-state index is -0.0749. The maximum Gasteiger partial charge on any atom is 0.229 e. The highest BCUT2D eigenvalue weighted by Gasteiger charge is 2.33. The van der Waals surface area contributed by atoms with Gasteiger partial charge in [-0.2, -0.15) is 5.10 Å². The minimum Gasteiger partial charge on any atom is -0.492 e. The van der Waals surface area contributed by atoms with Crippen LogP contribution in [0.25, 0.3) is 0 Å². The van der Waals surface area contributed by atoms with Crippen LogP contribution >= 0.6 is 0 Å². The molecule has 2 aliphatic rings. The second-order valence-electron chi connectivity index (χ2n) is 7.27. The molecule has 2 aromatic rings. The number of hydrogen-bond donors (Lipinski definition) is 0. The van der Waals surface area contributed by atoms with Crippen molar-refractivity contribution in [3.63, 3.8) is 0 Å². The Morgan fingerprint density at radius 1 is 1.28 bits per heavy atom. The van der Waals surface area contributed by atoms with Gasteiger partial charge in [0.2, 0.25) is 5.91 Å². The number of hydrogen-bond acceptors (Lipinski definition) is 3. The summed E-state index contributed by atoms with van der Waals surface area (Å²) < 4.78 is 7.92. The predicted molar refractivity (Wildman–Crippen MR) is 95.7 cm³/mol. The number of aromatic nitrogens is 2. The maximum atomic E-state index is 13.0. The van der Waals surface area contributed by atoms with Crippen molar-refractivity contribution in [1.82, 2.24) is 14.7 Å². The summed E-state index contributed by atoms with van der Waals surface area (Å²) in [6.45, 7) is 6.18. The van der Waals surface area contributed by atoms with Gasteiger partial charge in [-0.3, -0.25) is 9.48 Å². The lowest BCUT2D eigenvalue weighted by Crippen LogP contribution is -2.46. The number of likely N-dealkylation sites (tertiary alicyclic amines) is 1. The zero-order valence-electron chi connectivity index (χ0n) is 14.9. The number of carbonyl (C=O) groups is 1. The van der Waals surface area contributed by atoms with Crippen molar-refractivity contribution < 1.29 is 9.53 Å². The Kier molecular flexibility index (Phi) is 4.24. The number of aryl methyl sites for hydroxylation is 2.